The lowest BCUT2D eigenvalue weighted by molar-refractivity contribution is 0.633. The number of fused-ring (bicyclic) bond motifs is 14. The van der Waals surface area contributed by atoms with Crippen LogP contribution in [0.15, 0.2) is 191 Å². The van der Waals surface area contributed by atoms with Gasteiger partial charge in [0.25, 0.3) is 0 Å². The van der Waals surface area contributed by atoms with Gasteiger partial charge >= 0.3 is 0 Å². The molecule has 2 aromatic heterocycles. The van der Waals surface area contributed by atoms with Gasteiger partial charge in [0, 0.05) is 21.5 Å². The van der Waals surface area contributed by atoms with Crippen molar-refractivity contribution in [2.75, 3.05) is 0 Å². The van der Waals surface area contributed by atoms with Crippen molar-refractivity contribution in [1.29, 1.82) is 0 Å². The lowest BCUT2D eigenvalue weighted by Gasteiger charge is -2.15. The summed E-state index contributed by atoms with van der Waals surface area (Å²) >= 11 is 0. The standard InChI is InChI=1S/C52H30O2/c1-2-12-37-31(10-1)11-9-18-38(37)36-27-34(32-20-22-43-41-15-4-3-13-39(41)40-14-5-6-16-42(40)47(43)29-32)26-35(28-36)33-21-25-50-48(30-33)46-24-23-45-44-17-7-8-19-49(44)53-51(45)52(46)54-50/h1-30H. The molecule has 2 nitrogen and oxygen atoms in total. The summed E-state index contributed by atoms with van der Waals surface area (Å²) in [5.74, 6) is 0. The first-order chi connectivity index (χ1) is 26.7. The molecule has 2 heterocycles. The molecular formula is C52H30O2. The maximum absolute atomic E-state index is 6.53. The van der Waals surface area contributed by atoms with E-state index in [-0.39, 0.29) is 0 Å². The number of hydrogen-bond donors (Lipinski definition) is 0. The van der Waals surface area contributed by atoms with Gasteiger partial charge < -0.3 is 8.83 Å². The van der Waals surface area contributed by atoms with Gasteiger partial charge in [-0.1, -0.05) is 127 Å². The third-order valence-corrected chi connectivity index (χ3v) is 11.4. The van der Waals surface area contributed by atoms with E-state index in [2.05, 4.69) is 170 Å². The predicted octanol–water partition coefficient (Wildman–Crippen LogP) is 15.1. The third-order valence-electron chi connectivity index (χ3n) is 11.4. The number of hydrogen-bond acceptors (Lipinski definition) is 2. The molecule has 0 atom stereocenters. The summed E-state index contributed by atoms with van der Waals surface area (Å²) in [6.07, 6.45) is 0. The summed E-state index contributed by atoms with van der Waals surface area (Å²) in [5, 5.41) is 14.4. The van der Waals surface area contributed by atoms with Crippen LogP contribution in [0.5, 0.6) is 0 Å². The predicted molar refractivity (Wildman–Crippen MR) is 227 cm³/mol. The lowest BCUT2D eigenvalue weighted by atomic mass is 9.89. The first-order valence-electron chi connectivity index (χ1n) is 18.5. The summed E-state index contributed by atoms with van der Waals surface area (Å²) in [6.45, 7) is 0. The van der Waals surface area contributed by atoms with Crippen molar-refractivity contribution in [2.45, 2.75) is 0 Å². The van der Waals surface area contributed by atoms with Gasteiger partial charge in [-0.2, -0.15) is 0 Å². The van der Waals surface area contributed by atoms with Crippen LogP contribution in [0.1, 0.15) is 0 Å². The Hall–Kier alpha value is -7.16. The maximum atomic E-state index is 6.53. The van der Waals surface area contributed by atoms with E-state index in [1.54, 1.807) is 0 Å². The Bertz CT molecular complexity index is 3470. The molecule has 0 aliphatic carbocycles. The monoisotopic (exact) mass is 686 g/mol. The summed E-state index contributed by atoms with van der Waals surface area (Å²) in [6, 6.07) is 66.0. The second-order valence-electron chi connectivity index (χ2n) is 14.4. The molecule has 0 fully saturated rings. The van der Waals surface area contributed by atoms with Gasteiger partial charge in [0.1, 0.15) is 11.2 Å². The van der Waals surface area contributed by atoms with Crippen molar-refractivity contribution in [3.05, 3.63) is 182 Å². The Morgan fingerprint density at radius 1 is 0.241 bits per heavy atom. The van der Waals surface area contributed by atoms with Crippen molar-refractivity contribution in [3.63, 3.8) is 0 Å². The highest BCUT2D eigenvalue weighted by Gasteiger charge is 2.18. The summed E-state index contributed by atoms with van der Waals surface area (Å²) in [7, 11) is 0. The zero-order valence-electron chi connectivity index (χ0n) is 29.1. The Morgan fingerprint density at radius 3 is 1.41 bits per heavy atom. The van der Waals surface area contributed by atoms with E-state index in [0.717, 1.165) is 55.0 Å². The van der Waals surface area contributed by atoms with Crippen LogP contribution in [0.25, 0.3) is 120 Å². The zero-order valence-corrected chi connectivity index (χ0v) is 29.1. The fourth-order valence-electron chi connectivity index (χ4n) is 8.88. The van der Waals surface area contributed by atoms with Crippen LogP contribution < -0.4 is 0 Å². The smallest absolute Gasteiger partial charge is 0.178 e. The molecule has 0 aliphatic rings. The van der Waals surface area contributed by atoms with Gasteiger partial charge in [-0.3, -0.25) is 0 Å². The van der Waals surface area contributed by atoms with E-state index in [1.807, 2.05) is 12.1 Å². The number of benzene rings is 10. The Labute approximate surface area is 310 Å². The van der Waals surface area contributed by atoms with Gasteiger partial charge in [0.15, 0.2) is 11.2 Å². The molecule has 12 rings (SSSR count). The molecule has 0 unspecified atom stereocenters. The Balaban J connectivity index is 1.10. The van der Waals surface area contributed by atoms with Crippen LogP contribution in [0.4, 0.5) is 0 Å². The molecule has 10 aromatic carbocycles. The Morgan fingerprint density at radius 2 is 0.704 bits per heavy atom. The van der Waals surface area contributed by atoms with Gasteiger partial charge in [-0.25, -0.2) is 0 Å². The van der Waals surface area contributed by atoms with E-state index >= 15 is 0 Å². The van der Waals surface area contributed by atoms with Crippen molar-refractivity contribution >= 4 is 87.0 Å². The second-order valence-corrected chi connectivity index (χ2v) is 14.4. The molecular weight excluding hydrogens is 657 g/mol. The SMILES string of the molecule is c1ccc2c(-c3cc(-c4ccc5oc6c(ccc7c8ccccc8oc76)c5c4)cc(-c4ccc5c6ccccc6c6ccccc6c5c4)c3)cccc2c1. The highest BCUT2D eigenvalue weighted by atomic mass is 16.4. The van der Waals surface area contributed by atoms with Crippen molar-refractivity contribution < 1.29 is 8.83 Å². The molecule has 0 bridgehead atoms. The quantitative estimate of drug-likeness (QED) is 0.173. The van der Waals surface area contributed by atoms with Gasteiger partial charge in [0.2, 0.25) is 0 Å². The summed E-state index contributed by atoms with van der Waals surface area (Å²) in [5.41, 5.74) is 10.4. The highest BCUT2D eigenvalue weighted by molar-refractivity contribution is 6.26. The van der Waals surface area contributed by atoms with Crippen LogP contribution in [-0.4, -0.2) is 0 Å². The minimum absolute atomic E-state index is 0.789. The summed E-state index contributed by atoms with van der Waals surface area (Å²) < 4.78 is 12.9. The van der Waals surface area contributed by atoms with E-state index in [1.165, 1.54) is 65.3 Å². The van der Waals surface area contributed by atoms with Gasteiger partial charge in [-0.15, -0.1) is 0 Å². The molecule has 0 saturated carbocycles. The van der Waals surface area contributed by atoms with Crippen LogP contribution >= 0.6 is 0 Å². The normalized spacial score (nSPS) is 12.1. The van der Waals surface area contributed by atoms with E-state index < -0.39 is 0 Å². The number of para-hydroxylation sites is 1. The topological polar surface area (TPSA) is 26.3 Å². The molecule has 0 aliphatic heterocycles. The third kappa shape index (κ3) is 4.28. The molecule has 250 valence electrons. The number of rotatable bonds is 3. The molecule has 0 spiro atoms. The van der Waals surface area contributed by atoms with Crippen molar-refractivity contribution in [1.82, 2.24) is 0 Å². The molecule has 0 amide bonds. The van der Waals surface area contributed by atoms with Crippen LogP contribution in [0.3, 0.4) is 0 Å². The van der Waals surface area contributed by atoms with Crippen molar-refractivity contribution in [3.8, 4) is 33.4 Å². The van der Waals surface area contributed by atoms with Crippen LogP contribution in [0.2, 0.25) is 0 Å². The van der Waals surface area contributed by atoms with E-state index in [9.17, 15) is 0 Å². The summed E-state index contributed by atoms with van der Waals surface area (Å²) in [4.78, 5) is 0. The van der Waals surface area contributed by atoms with E-state index in [0.29, 0.717) is 0 Å². The first-order valence-corrected chi connectivity index (χ1v) is 18.5. The maximum Gasteiger partial charge on any atom is 0.178 e. The first kappa shape index (κ1) is 29.4. The van der Waals surface area contributed by atoms with Crippen LogP contribution in [0, 0.1) is 0 Å². The fourth-order valence-corrected chi connectivity index (χ4v) is 8.88. The second kappa shape index (κ2) is 11.2. The molecule has 0 N–H and O–H groups in total. The highest BCUT2D eigenvalue weighted by Crippen LogP contribution is 2.43. The average molecular weight is 687 g/mol. The Kier molecular flexibility index (Phi) is 6.09. The largest absolute Gasteiger partial charge is 0.452 e. The fraction of sp³-hybridized carbons (Fsp3) is 0. The zero-order chi connectivity index (χ0) is 35.3. The molecule has 54 heavy (non-hydrogen) atoms. The molecule has 2 heteroatoms. The van der Waals surface area contributed by atoms with E-state index in [4.69, 9.17) is 8.83 Å². The van der Waals surface area contributed by atoms with Gasteiger partial charge in [-0.05, 0) is 131 Å². The molecule has 12 aromatic rings. The lowest BCUT2D eigenvalue weighted by Crippen LogP contribution is -1.89. The molecule has 0 saturated heterocycles. The minimum atomic E-state index is 0.789. The van der Waals surface area contributed by atoms with Gasteiger partial charge in [0.05, 0.1) is 0 Å². The average Bonchev–Trinajstić information content (AvgIpc) is 3.82. The number of furan rings is 2. The minimum Gasteiger partial charge on any atom is -0.452 e. The van der Waals surface area contributed by atoms with Crippen LogP contribution in [-0.2, 0) is 0 Å². The van der Waals surface area contributed by atoms with Crippen molar-refractivity contribution in [2.24, 2.45) is 0 Å². The molecule has 0 radical (unpaired) electrons.